The third-order valence-corrected chi connectivity index (χ3v) is 2.73. The van der Waals surface area contributed by atoms with Gasteiger partial charge in [-0.3, -0.25) is 9.78 Å². The van der Waals surface area contributed by atoms with E-state index in [1.807, 2.05) is 0 Å². The van der Waals surface area contributed by atoms with E-state index in [1.165, 1.54) is 18.3 Å². The molecule has 5 nitrogen and oxygen atoms in total. The van der Waals surface area contributed by atoms with Crippen LogP contribution in [-0.4, -0.2) is 55.0 Å². The fraction of sp³-hybridized carbons (Fsp3) is 0.500. The van der Waals surface area contributed by atoms with Crippen molar-refractivity contribution in [3.05, 3.63) is 24.0 Å². The Balaban J connectivity index is 0.00000200. The number of pyridine rings is 1. The molecule has 1 aliphatic heterocycles. The second-order valence-electron chi connectivity index (χ2n) is 4.12. The summed E-state index contributed by atoms with van der Waals surface area (Å²) in [7, 11) is 0. The second kappa shape index (κ2) is 7.96. The van der Waals surface area contributed by atoms with Crippen molar-refractivity contribution in [1.29, 1.82) is 0 Å². The zero-order valence-electron chi connectivity index (χ0n) is 10.7. The largest absolute Gasteiger partial charge is 0.488 e. The molecule has 1 aliphatic rings. The van der Waals surface area contributed by atoms with Crippen molar-refractivity contribution in [1.82, 2.24) is 15.2 Å². The minimum Gasteiger partial charge on any atom is -0.488 e. The van der Waals surface area contributed by atoms with Crippen LogP contribution in [0.3, 0.4) is 0 Å². The van der Waals surface area contributed by atoms with E-state index in [9.17, 15) is 13.6 Å². The highest BCUT2D eigenvalue weighted by atomic mass is 35.5. The van der Waals surface area contributed by atoms with E-state index in [-0.39, 0.29) is 29.8 Å². The fourth-order valence-electron chi connectivity index (χ4n) is 1.81. The first kappa shape index (κ1) is 16.6. The van der Waals surface area contributed by atoms with Gasteiger partial charge in [0.1, 0.15) is 18.1 Å². The van der Waals surface area contributed by atoms with Crippen LogP contribution in [-0.2, 0) is 0 Å². The van der Waals surface area contributed by atoms with E-state index in [0.29, 0.717) is 13.1 Å². The summed E-state index contributed by atoms with van der Waals surface area (Å²) >= 11 is 0. The van der Waals surface area contributed by atoms with Crippen LogP contribution in [0.5, 0.6) is 5.75 Å². The maximum atomic E-state index is 12.1. The summed E-state index contributed by atoms with van der Waals surface area (Å²) in [6.07, 6.45) is -1.16. The van der Waals surface area contributed by atoms with Gasteiger partial charge in [-0.2, -0.15) is 0 Å². The first-order valence-corrected chi connectivity index (χ1v) is 6.04. The van der Waals surface area contributed by atoms with Gasteiger partial charge in [-0.25, -0.2) is 8.78 Å². The zero-order valence-corrected chi connectivity index (χ0v) is 11.5. The number of rotatable bonds is 4. The van der Waals surface area contributed by atoms with Gasteiger partial charge in [0.15, 0.2) is 0 Å². The Bertz CT molecular complexity index is 442. The Labute approximate surface area is 121 Å². The first-order valence-electron chi connectivity index (χ1n) is 6.04. The number of carbonyl (C=O) groups excluding carboxylic acids is 1. The maximum Gasteiger partial charge on any atom is 0.272 e. The third kappa shape index (κ3) is 4.57. The summed E-state index contributed by atoms with van der Waals surface area (Å²) in [4.78, 5) is 17.8. The average Bonchev–Trinajstić information content (AvgIpc) is 2.45. The number of piperazine rings is 1. The standard InChI is InChI=1S/C12H15F2N3O2.ClH/c13-11(14)8-19-9-1-2-16-10(7-9)12(18)17-5-3-15-4-6-17;/h1-2,7,11,15H,3-6,8H2;1H. The number of amides is 1. The molecule has 0 aromatic carbocycles. The number of ether oxygens (including phenoxy) is 1. The lowest BCUT2D eigenvalue weighted by molar-refractivity contribution is 0.0727. The predicted molar refractivity (Wildman–Crippen MR) is 71.8 cm³/mol. The van der Waals surface area contributed by atoms with Crippen LogP contribution in [0, 0.1) is 0 Å². The molecule has 2 heterocycles. The van der Waals surface area contributed by atoms with Crippen LogP contribution in [0.25, 0.3) is 0 Å². The lowest BCUT2D eigenvalue weighted by Crippen LogP contribution is -2.46. The quantitative estimate of drug-likeness (QED) is 0.908. The number of nitrogens with zero attached hydrogens (tertiary/aromatic N) is 2. The zero-order chi connectivity index (χ0) is 13.7. The van der Waals surface area contributed by atoms with E-state index < -0.39 is 13.0 Å². The van der Waals surface area contributed by atoms with Gasteiger partial charge in [0, 0.05) is 38.4 Å². The molecule has 1 aromatic heterocycles. The molecule has 0 bridgehead atoms. The van der Waals surface area contributed by atoms with Crippen LogP contribution >= 0.6 is 12.4 Å². The Kier molecular flexibility index (Phi) is 6.60. The van der Waals surface area contributed by atoms with Crippen LogP contribution in [0.1, 0.15) is 10.5 Å². The van der Waals surface area contributed by atoms with Gasteiger partial charge in [-0.05, 0) is 6.07 Å². The Morgan fingerprint density at radius 1 is 1.45 bits per heavy atom. The molecule has 1 amide bonds. The van der Waals surface area contributed by atoms with Crippen molar-refractivity contribution >= 4 is 18.3 Å². The number of aromatic nitrogens is 1. The number of nitrogens with one attached hydrogen (secondary N) is 1. The van der Waals surface area contributed by atoms with Gasteiger partial charge in [-0.15, -0.1) is 12.4 Å². The number of alkyl halides is 2. The van der Waals surface area contributed by atoms with Crippen LogP contribution in [0.15, 0.2) is 18.3 Å². The molecule has 0 spiro atoms. The molecule has 1 N–H and O–H groups in total. The van der Waals surface area contributed by atoms with Crippen LogP contribution in [0.4, 0.5) is 8.78 Å². The van der Waals surface area contributed by atoms with E-state index >= 15 is 0 Å². The fourth-order valence-corrected chi connectivity index (χ4v) is 1.81. The van der Waals surface area contributed by atoms with Crippen molar-refractivity contribution in [3.8, 4) is 5.75 Å². The molecular weight excluding hydrogens is 292 g/mol. The topological polar surface area (TPSA) is 54.5 Å². The van der Waals surface area contributed by atoms with Gasteiger partial charge >= 0.3 is 0 Å². The van der Waals surface area contributed by atoms with Crippen molar-refractivity contribution < 1.29 is 18.3 Å². The molecule has 8 heteroatoms. The molecule has 1 saturated heterocycles. The van der Waals surface area contributed by atoms with E-state index in [4.69, 9.17) is 4.74 Å². The first-order chi connectivity index (χ1) is 9.16. The van der Waals surface area contributed by atoms with E-state index in [2.05, 4.69) is 10.3 Å². The highest BCUT2D eigenvalue weighted by molar-refractivity contribution is 5.92. The summed E-state index contributed by atoms with van der Waals surface area (Å²) in [5.74, 6) is 0.0257. The second-order valence-corrected chi connectivity index (χ2v) is 4.12. The monoisotopic (exact) mass is 307 g/mol. The minimum absolute atomic E-state index is 0. The van der Waals surface area contributed by atoms with Gasteiger partial charge in [0.2, 0.25) is 0 Å². The Hall–Kier alpha value is -1.47. The summed E-state index contributed by atoms with van der Waals surface area (Å²) in [5.41, 5.74) is 0.216. The van der Waals surface area contributed by atoms with Gasteiger partial charge in [0.25, 0.3) is 12.3 Å². The molecule has 0 unspecified atom stereocenters. The van der Waals surface area contributed by atoms with E-state index in [0.717, 1.165) is 13.1 Å². The van der Waals surface area contributed by atoms with Crippen molar-refractivity contribution in [2.45, 2.75) is 6.43 Å². The SMILES string of the molecule is Cl.O=C(c1cc(OCC(F)F)ccn1)N1CCNCC1. The predicted octanol–water partition coefficient (Wildman–Crippen LogP) is 1.19. The number of halogens is 3. The summed E-state index contributed by atoms with van der Waals surface area (Å²) in [6, 6.07) is 2.85. The van der Waals surface area contributed by atoms with Gasteiger partial charge < -0.3 is 15.0 Å². The number of hydrogen-bond acceptors (Lipinski definition) is 4. The maximum absolute atomic E-state index is 12.1. The minimum atomic E-state index is -2.54. The van der Waals surface area contributed by atoms with Gasteiger partial charge in [-0.1, -0.05) is 0 Å². The molecule has 112 valence electrons. The highest BCUT2D eigenvalue weighted by Gasteiger charge is 2.19. The molecule has 1 aromatic rings. The smallest absolute Gasteiger partial charge is 0.272 e. The highest BCUT2D eigenvalue weighted by Crippen LogP contribution is 2.14. The summed E-state index contributed by atoms with van der Waals surface area (Å²) < 4.78 is 29.0. The molecular formula is C12H16ClF2N3O2. The lowest BCUT2D eigenvalue weighted by atomic mass is 10.2. The third-order valence-electron chi connectivity index (χ3n) is 2.73. The molecule has 0 aliphatic carbocycles. The summed E-state index contributed by atoms with van der Waals surface area (Å²) in [5, 5.41) is 3.14. The Morgan fingerprint density at radius 3 is 2.80 bits per heavy atom. The van der Waals surface area contributed by atoms with Crippen molar-refractivity contribution in [2.24, 2.45) is 0 Å². The molecule has 1 fully saturated rings. The van der Waals surface area contributed by atoms with E-state index in [1.54, 1.807) is 4.90 Å². The molecule has 20 heavy (non-hydrogen) atoms. The summed E-state index contributed by atoms with van der Waals surface area (Å²) in [6.45, 7) is 2.02. The molecule has 0 radical (unpaired) electrons. The lowest BCUT2D eigenvalue weighted by Gasteiger charge is -2.27. The van der Waals surface area contributed by atoms with Crippen molar-refractivity contribution in [2.75, 3.05) is 32.8 Å². The molecule has 2 rings (SSSR count). The molecule has 0 saturated carbocycles. The normalized spacial score (nSPS) is 14.8. The van der Waals surface area contributed by atoms with Crippen LogP contribution in [0.2, 0.25) is 0 Å². The van der Waals surface area contributed by atoms with Crippen molar-refractivity contribution in [3.63, 3.8) is 0 Å². The molecule has 0 atom stereocenters. The number of carbonyl (C=O) groups is 1. The number of hydrogen-bond donors (Lipinski definition) is 1. The Morgan fingerprint density at radius 2 is 2.15 bits per heavy atom. The van der Waals surface area contributed by atoms with Gasteiger partial charge in [0.05, 0.1) is 0 Å². The van der Waals surface area contributed by atoms with Crippen LogP contribution < -0.4 is 10.1 Å². The average molecular weight is 308 g/mol.